The van der Waals surface area contributed by atoms with Gasteiger partial charge in [0.05, 0.1) is 22.2 Å². The van der Waals surface area contributed by atoms with E-state index >= 15 is 0 Å². The number of aliphatic hydroxyl groups is 1. The molecule has 0 spiro atoms. The zero-order chi connectivity index (χ0) is 20.5. The predicted molar refractivity (Wildman–Crippen MR) is 109 cm³/mol. The lowest BCUT2D eigenvalue weighted by Crippen LogP contribution is -2.41. The molecule has 0 bridgehead atoms. The minimum absolute atomic E-state index is 0.0391. The molecule has 7 heteroatoms. The fraction of sp³-hybridized carbons (Fsp3) is 0.227. The molecule has 1 heterocycles. The summed E-state index contributed by atoms with van der Waals surface area (Å²) in [7, 11) is 0. The fourth-order valence-corrected chi connectivity index (χ4v) is 3.78. The van der Waals surface area contributed by atoms with Gasteiger partial charge in [0, 0.05) is 0 Å². The molecule has 4 rings (SSSR count). The van der Waals surface area contributed by atoms with Crippen molar-refractivity contribution in [3.63, 3.8) is 0 Å². The molecule has 29 heavy (non-hydrogen) atoms. The Morgan fingerprint density at radius 1 is 1.21 bits per heavy atom. The van der Waals surface area contributed by atoms with Crippen molar-refractivity contribution in [2.45, 2.75) is 25.9 Å². The molecule has 146 valence electrons. The Morgan fingerprint density at radius 2 is 1.90 bits per heavy atom. The molecule has 1 aliphatic rings. The first kappa shape index (κ1) is 18.7. The smallest absolute Gasteiger partial charge is 0.335 e. The number of carboxylic acid groups (broad SMARTS) is 1. The number of hydrogen-bond donors (Lipinski definition) is 2. The van der Waals surface area contributed by atoms with Crippen LogP contribution in [-0.4, -0.2) is 32.4 Å². The van der Waals surface area contributed by atoms with Gasteiger partial charge in [0.1, 0.15) is 13.2 Å². The van der Waals surface area contributed by atoms with Crippen LogP contribution in [0.25, 0.3) is 10.9 Å². The second kappa shape index (κ2) is 7.41. The van der Waals surface area contributed by atoms with Gasteiger partial charge in [-0.15, -0.1) is 6.42 Å². The van der Waals surface area contributed by atoms with Crippen molar-refractivity contribution in [3.8, 4) is 12.3 Å². The molecule has 0 aliphatic heterocycles. The van der Waals surface area contributed by atoms with Crippen LogP contribution >= 0.6 is 0 Å². The van der Waals surface area contributed by atoms with Crippen molar-refractivity contribution in [2.24, 2.45) is 0 Å². The van der Waals surface area contributed by atoms with Gasteiger partial charge >= 0.3 is 5.97 Å². The van der Waals surface area contributed by atoms with Crippen LogP contribution in [0.15, 0.2) is 41.2 Å². The van der Waals surface area contributed by atoms with Gasteiger partial charge in [-0.2, -0.15) is 4.68 Å². The number of anilines is 1. The maximum absolute atomic E-state index is 13.4. The molecular formula is C22H19N3O4. The van der Waals surface area contributed by atoms with Crippen molar-refractivity contribution >= 4 is 22.6 Å². The van der Waals surface area contributed by atoms with Gasteiger partial charge in [0.25, 0.3) is 5.56 Å². The van der Waals surface area contributed by atoms with Crippen LogP contribution in [0.5, 0.6) is 0 Å². The number of benzene rings is 2. The summed E-state index contributed by atoms with van der Waals surface area (Å²) in [6, 6.07) is 9.82. The maximum atomic E-state index is 13.4. The number of hydrogen-bond acceptors (Lipinski definition) is 5. The number of carboxylic acids is 1. The quantitative estimate of drug-likeness (QED) is 0.648. The standard InChI is InChI=1S/C22H19N3O4/c1-2-10-24(17-8-6-14(7-9-17)22(28)29)25-20(13-26)23-19-12-16-5-3-4-15(16)11-18(19)21(25)27/h1,6-9,11-12,26H,3-5,10,13H2,(H,28,29). The minimum Gasteiger partial charge on any atom is -0.478 e. The second-order valence-electron chi connectivity index (χ2n) is 6.91. The number of aryl methyl sites for hydroxylation is 2. The van der Waals surface area contributed by atoms with Gasteiger partial charge in [-0.3, -0.25) is 9.80 Å². The molecule has 0 atom stereocenters. The molecule has 0 saturated heterocycles. The number of aliphatic hydroxyl groups excluding tert-OH is 1. The third kappa shape index (κ3) is 3.24. The monoisotopic (exact) mass is 389 g/mol. The van der Waals surface area contributed by atoms with Crippen LogP contribution < -0.4 is 10.6 Å². The summed E-state index contributed by atoms with van der Waals surface area (Å²) in [5.41, 5.74) is 3.21. The van der Waals surface area contributed by atoms with Crippen LogP contribution in [0.2, 0.25) is 0 Å². The maximum Gasteiger partial charge on any atom is 0.335 e. The zero-order valence-electron chi connectivity index (χ0n) is 15.6. The summed E-state index contributed by atoms with van der Waals surface area (Å²) < 4.78 is 1.28. The molecule has 0 fully saturated rings. The number of carbonyl (C=O) groups is 1. The van der Waals surface area contributed by atoms with E-state index in [4.69, 9.17) is 11.5 Å². The summed E-state index contributed by atoms with van der Waals surface area (Å²) in [4.78, 5) is 29.0. The van der Waals surface area contributed by atoms with E-state index in [1.54, 1.807) is 12.1 Å². The minimum atomic E-state index is -1.05. The largest absolute Gasteiger partial charge is 0.478 e. The molecule has 0 saturated carbocycles. The molecule has 1 aromatic heterocycles. The fourth-order valence-electron chi connectivity index (χ4n) is 3.78. The SMILES string of the molecule is C#CCN(c1ccc(C(=O)O)cc1)n1c(CO)nc2cc3c(cc2c1=O)CCC3. The van der Waals surface area contributed by atoms with E-state index in [1.807, 2.05) is 12.1 Å². The molecule has 2 N–H and O–H groups in total. The second-order valence-corrected chi connectivity index (χ2v) is 6.91. The lowest BCUT2D eigenvalue weighted by atomic mass is 10.1. The van der Waals surface area contributed by atoms with Gasteiger partial charge in [0.2, 0.25) is 0 Å². The number of nitrogens with zero attached hydrogens (tertiary/aromatic N) is 3. The Kier molecular flexibility index (Phi) is 4.79. The van der Waals surface area contributed by atoms with Crippen LogP contribution in [0.4, 0.5) is 5.69 Å². The molecule has 0 radical (unpaired) electrons. The molecule has 7 nitrogen and oxygen atoms in total. The first-order chi connectivity index (χ1) is 14.0. The molecule has 0 unspecified atom stereocenters. The van der Waals surface area contributed by atoms with Crippen LogP contribution in [0.1, 0.15) is 33.7 Å². The molecular weight excluding hydrogens is 370 g/mol. The number of aromatic carboxylic acids is 1. The van der Waals surface area contributed by atoms with E-state index in [1.165, 1.54) is 27.4 Å². The van der Waals surface area contributed by atoms with Gasteiger partial charge in [0.15, 0.2) is 5.82 Å². The van der Waals surface area contributed by atoms with E-state index in [0.717, 1.165) is 24.8 Å². The van der Waals surface area contributed by atoms with E-state index in [9.17, 15) is 14.7 Å². The van der Waals surface area contributed by atoms with Crippen LogP contribution in [0.3, 0.4) is 0 Å². The normalized spacial score (nSPS) is 12.6. The summed E-state index contributed by atoms with van der Waals surface area (Å²) in [5.74, 6) is 1.63. The lowest BCUT2D eigenvalue weighted by molar-refractivity contribution is 0.0697. The van der Waals surface area contributed by atoms with Crippen molar-refractivity contribution in [2.75, 3.05) is 11.6 Å². The zero-order valence-corrected chi connectivity index (χ0v) is 15.6. The topological polar surface area (TPSA) is 95.7 Å². The third-order valence-electron chi connectivity index (χ3n) is 5.16. The Morgan fingerprint density at radius 3 is 2.52 bits per heavy atom. The van der Waals surface area contributed by atoms with E-state index in [0.29, 0.717) is 16.6 Å². The number of fused-ring (bicyclic) bond motifs is 2. The molecule has 3 aromatic rings. The van der Waals surface area contributed by atoms with Gasteiger partial charge in [-0.25, -0.2) is 9.78 Å². The molecule has 2 aromatic carbocycles. The summed E-state index contributed by atoms with van der Waals surface area (Å²) in [5, 5.41) is 21.0. The van der Waals surface area contributed by atoms with Gasteiger partial charge < -0.3 is 10.2 Å². The van der Waals surface area contributed by atoms with Crippen molar-refractivity contribution in [1.29, 1.82) is 0 Å². The summed E-state index contributed by atoms with van der Waals surface area (Å²) >= 11 is 0. The van der Waals surface area contributed by atoms with Crippen LogP contribution in [0, 0.1) is 12.3 Å². The highest BCUT2D eigenvalue weighted by Gasteiger charge is 2.20. The predicted octanol–water partition coefficient (Wildman–Crippen LogP) is 1.98. The molecule has 0 amide bonds. The summed E-state index contributed by atoms with van der Waals surface area (Å²) in [6.07, 6.45) is 8.46. The van der Waals surface area contributed by atoms with Crippen molar-refractivity contribution < 1.29 is 15.0 Å². The Hall–Kier alpha value is -3.63. The van der Waals surface area contributed by atoms with E-state index in [2.05, 4.69) is 10.9 Å². The van der Waals surface area contributed by atoms with Crippen molar-refractivity contribution in [3.05, 3.63) is 69.3 Å². The Labute approximate surface area is 166 Å². The average Bonchev–Trinajstić information content (AvgIpc) is 3.18. The number of aromatic nitrogens is 2. The lowest BCUT2D eigenvalue weighted by Gasteiger charge is -2.26. The first-order valence-electron chi connectivity index (χ1n) is 9.26. The van der Waals surface area contributed by atoms with Gasteiger partial charge in [-0.1, -0.05) is 5.92 Å². The highest BCUT2D eigenvalue weighted by molar-refractivity contribution is 5.88. The first-order valence-corrected chi connectivity index (χ1v) is 9.26. The number of rotatable bonds is 5. The van der Waals surface area contributed by atoms with Gasteiger partial charge in [-0.05, 0) is 66.8 Å². The average molecular weight is 389 g/mol. The highest BCUT2D eigenvalue weighted by atomic mass is 16.4. The van der Waals surface area contributed by atoms with Crippen LogP contribution in [-0.2, 0) is 19.4 Å². The Balaban J connectivity index is 1.92. The highest BCUT2D eigenvalue weighted by Crippen LogP contribution is 2.26. The van der Waals surface area contributed by atoms with E-state index in [-0.39, 0.29) is 23.5 Å². The Bertz CT molecular complexity index is 1210. The molecule has 1 aliphatic carbocycles. The van der Waals surface area contributed by atoms with Crippen molar-refractivity contribution in [1.82, 2.24) is 9.66 Å². The summed E-state index contributed by atoms with van der Waals surface area (Å²) in [6.45, 7) is -0.409. The number of terminal acetylenes is 1. The van der Waals surface area contributed by atoms with E-state index < -0.39 is 12.6 Å². The third-order valence-corrected chi connectivity index (χ3v) is 5.16.